The van der Waals surface area contributed by atoms with Crippen LogP contribution in [0.2, 0.25) is 0 Å². The van der Waals surface area contributed by atoms with Crippen LogP contribution in [0.5, 0.6) is 0 Å². The lowest BCUT2D eigenvalue weighted by molar-refractivity contribution is 0.398. The van der Waals surface area contributed by atoms with Crippen LogP contribution in [-0.4, -0.2) is 0 Å². The molecule has 0 heteroatoms. The van der Waals surface area contributed by atoms with Gasteiger partial charge in [0.05, 0.1) is 0 Å². The molecule has 0 unspecified atom stereocenters. The molecular weight excluding hydrogens is 1040 g/mol. The highest BCUT2D eigenvalue weighted by molar-refractivity contribution is 5.83. The molecular formula is C87H126. The Morgan fingerprint density at radius 3 is 0.437 bits per heavy atom. The van der Waals surface area contributed by atoms with Crippen LogP contribution >= 0.6 is 0 Å². The van der Waals surface area contributed by atoms with E-state index in [-0.39, 0.29) is 16.2 Å². The van der Waals surface area contributed by atoms with E-state index < -0.39 is 0 Å². The smallest absolute Gasteiger partial charge is 0.0215 e. The second-order valence-electron chi connectivity index (χ2n) is 27.6. The summed E-state index contributed by atoms with van der Waals surface area (Å²) in [7, 11) is 0. The molecule has 474 valence electrons. The second kappa shape index (κ2) is 39.4. The number of benzene rings is 6. The molecule has 3 aliphatic carbocycles. The molecule has 0 saturated heterocycles. The van der Waals surface area contributed by atoms with E-state index in [1.165, 1.54) is 303 Å². The van der Waals surface area contributed by atoms with Crippen LogP contribution in [0.4, 0.5) is 0 Å². The van der Waals surface area contributed by atoms with E-state index >= 15 is 0 Å². The monoisotopic (exact) mass is 1170 g/mol. The van der Waals surface area contributed by atoms with E-state index in [2.05, 4.69) is 187 Å². The van der Waals surface area contributed by atoms with Gasteiger partial charge in [0, 0.05) is 16.2 Å². The molecule has 0 aromatic heterocycles. The molecule has 0 spiro atoms. The van der Waals surface area contributed by atoms with E-state index in [4.69, 9.17) is 0 Å². The standard InChI is InChI=1S/3C29H42/c3*1-3-5-7-9-11-17-23-29(24-18-12-10-8-6-4-2)27-21-15-13-19-25(27)26-20-14-16-22-28(26)29/h3*13-16,19-22H,3-12,17-18,23-24H2,1-2H3. The van der Waals surface area contributed by atoms with Gasteiger partial charge in [0.2, 0.25) is 0 Å². The van der Waals surface area contributed by atoms with Gasteiger partial charge in [0.25, 0.3) is 0 Å². The maximum atomic E-state index is 2.43. The van der Waals surface area contributed by atoms with Crippen LogP contribution in [0.15, 0.2) is 146 Å². The first-order valence-corrected chi connectivity index (χ1v) is 37.6. The maximum Gasteiger partial charge on any atom is 0.0215 e. The Bertz CT molecular complexity index is 2290. The number of fused-ring (bicyclic) bond motifs is 9. The third-order valence-electron chi connectivity index (χ3n) is 21.3. The van der Waals surface area contributed by atoms with Crippen molar-refractivity contribution in [2.24, 2.45) is 0 Å². The van der Waals surface area contributed by atoms with Gasteiger partial charge >= 0.3 is 0 Å². The third-order valence-corrected chi connectivity index (χ3v) is 21.3. The average molecular weight is 1170 g/mol. The van der Waals surface area contributed by atoms with Gasteiger partial charge in [-0.3, -0.25) is 0 Å². The van der Waals surface area contributed by atoms with Crippen molar-refractivity contribution in [2.45, 2.75) is 327 Å². The molecule has 0 heterocycles. The Balaban J connectivity index is 0.000000186. The first-order chi connectivity index (χ1) is 43.0. The van der Waals surface area contributed by atoms with Crippen LogP contribution in [0.1, 0.15) is 345 Å². The molecule has 0 nitrogen and oxygen atoms in total. The predicted octanol–water partition coefficient (Wildman–Crippen LogP) is 28.4. The molecule has 0 atom stereocenters. The second-order valence-corrected chi connectivity index (χ2v) is 27.6. The largest absolute Gasteiger partial charge is 0.0654 e. The molecule has 6 aromatic carbocycles. The number of hydrogen-bond acceptors (Lipinski definition) is 0. The van der Waals surface area contributed by atoms with Crippen molar-refractivity contribution in [3.8, 4) is 33.4 Å². The highest BCUT2D eigenvalue weighted by Crippen LogP contribution is 2.57. The lowest BCUT2D eigenvalue weighted by Crippen LogP contribution is -2.25. The Kier molecular flexibility index (Phi) is 31.6. The Morgan fingerprint density at radius 1 is 0.161 bits per heavy atom. The number of hydrogen-bond donors (Lipinski definition) is 0. The average Bonchev–Trinajstić information content (AvgIpc) is 1.70. The van der Waals surface area contributed by atoms with E-state index in [0.29, 0.717) is 0 Å². The highest BCUT2D eigenvalue weighted by Gasteiger charge is 2.44. The predicted molar refractivity (Wildman–Crippen MR) is 386 cm³/mol. The Labute approximate surface area is 536 Å². The normalized spacial score (nSPS) is 14.0. The van der Waals surface area contributed by atoms with Crippen LogP contribution in [0, 0.1) is 0 Å². The van der Waals surface area contributed by atoms with Crippen molar-refractivity contribution in [3.05, 3.63) is 179 Å². The van der Waals surface area contributed by atoms with Crippen molar-refractivity contribution < 1.29 is 0 Å². The fraction of sp³-hybridized carbons (Fsp3) is 0.586. The zero-order chi connectivity index (χ0) is 61.1. The Hall–Kier alpha value is -4.68. The quantitative estimate of drug-likeness (QED) is 0.0335. The fourth-order valence-corrected chi connectivity index (χ4v) is 16.5. The van der Waals surface area contributed by atoms with Crippen LogP contribution in [-0.2, 0) is 16.2 Å². The first kappa shape index (κ1) is 69.8. The van der Waals surface area contributed by atoms with E-state index in [0.717, 1.165) is 0 Å². The summed E-state index contributed by atoms with van der Waals surface area (Å²) in [6.45, 7) is 13.8. The van der Waals surface area contributed by atoms with Gasteiger partial charge < -0.3 is 0 Å². The zero-order valence-electron chi connectivity index (χ0n) is 57.1. The van der Waals surface area contributed by atoms with Crippen molar-refractivity contribution >= 4 is 0 Å². The lowest BCUT2D eigenvalue weighted by Gasteiger charge is -2.33. The number of rotatable bonds is 42. The molecule has 3 aliphatic rings. The maximum absolute atomic E-state index is 2.43. The summed E-state index contributed by atoms with van der Waals surface area (Å²) in [6, 6.07) is 55.7. The van der Waals surface area contributed by atoms with Gasteiger partial charge in [-0.2, -0.15) is 0 Å². The van der Waals surface area contributed by atoms with Crippen molar-refractivity contribution in [1.29, 1.82) is 0 Å². The lowest BCUT2D eigenvalue weighted by atomic mass is 9.70. The minimum atomic E-state index is 0.253. The van der Waals surface area contributed by atoms with Gasteiger partial charge in [0.15, 0.2) is 0 Å². The summed E-state index contributed by atoms with van der Waals surface area (Å²) in [5, 5.41) is 0. The topological polar surface area (TPSA) is 0 Å². The van der Waals surface area contributed by atoms with Gasteiger partial charge in [-0.25, -0.2) is 0 Å². The molecule has 0 saturated carbocycles. The molecule has 0 bridgehead atoms. The summed E-state index contributed by atoms with van der Waals surface area (Å²) in [4.78, 5) is 0. The molecule has 0 N–H and O–H groups in total. The molecule has 0 aliphatic heterocycles. The van der Waals surface area contributed by atoms with Gasteiger partial charge in [-0.15, -0.1) is 0 Å². The minimum Gasteiger partial charge on any atom is -0.0654 e. The molecule has 87 heavy (non-hydrogen) atoms. The van der Waals surface area contributed by atoms with Gasteiger partial charge in [0.1, 0.15) is 0 Å². The fourth-order valence-electron chi connectivity index (χ4n) is 16.5. The summed E-state index contributed by atoms with van der Waals surface area (Å²) < 4.78 is 0. The SMILES string of the molecule is CCCCCCCCC1(CCCCCCCC)c2ccccc2-c2ccccc21.CCCCCCCCC1(CCCCCCCC)c2ccccc2-c2ccccc21.CCCCCCCCC1(CCCCCCCC)c2ccccc2-c2ccccc21. The van der Waals surface area contributed by atoms with Crippen molar-refractivity contribution in [1.82, 2.24) is 0 Å². The van der Waals surface area contributed by atoms with Gasteiger partial charge in [-0.05, 0) is 105 Å². The summed E-state index contributed by atoms with van der Waals surface area (Å²) in [5.41, 5.74) is 19.4. The van der Waals surface area contributed by atoms with Crippen LogP contribution in [0.3, 0.4) is 0 Å². The molecule has 0 radical (unpaired) electrons. The minimum absolute atomic E-state index is 0.253. The molecule has 0 fully saturated rings. The number of unbranched alkanes of at least 4 members (excludes halogenated alkanes) is 30. The first-order valence-electron chi connectivity index (χ1n) is 37.6. The summed E-state index contributed by atoms with van der Waals surface area (Å²) >= 11 is 0. The third kappa shape index (κ3) is 19.2. The zero-order valence-corrected chi connectivity index (χ0v) is 57.1. The van der Waals surface area contributed by atoms with Crippen molar-refractivity contribution in [3.63, 3.8) is 0 Å². The van der Waals surface area contributed by atoms with Crippen LogP contribution in [0.25, 0.3) is 33.4 Å². The van der Waals surface area contributed by atoms with Crippen LogP contribution < -0.4 is 0 Å². The highest BCUT2D eigenvalue weighted by atomic mass is 14.5. The molecule has 0 amide bonds. The van der Waals surface area contributed by atoms with Gasteiger partial charge in [-0.1, -0.05) is 418 Å². The van der Waals surface area contributed by atoms with E-state index in [1.807, 2.05) is 0 Å². The molecule has 9 rings (SSSR count). The summed E-state index contributed by atoms with van der Waals surface area (Å²) in [6.07, 6.45) is 57.8. The van der Waals surface area contributed by atoms with E-state index in [1.54, 1.807) is 33.4 Å². The van der Waals surface area contributed by atoms with E-state index in [9.17, 15) is 0 Å². The van der Waals surface area contributed by atoms with Crippen molar-refractivity contribution in [2.75, 3.05) is 0 Å². The summed E-state index contributed by atoms with van der Waals surface area (Å²) in [5.74, 6) is 0. The molecule has 6 aromatic rings. The Morgan fingerprint density at radius 2 is 0.287 bits per heavy atom.